The zero-order chi connectivity index (χ0) is 23.7. The third kappa shape index (κ3) is 3.83. The highest BCUT2D eigenvalue weighted by atomic mass is 16.2. The average Bonchev–Trinajstić information content (AvgIpc) is 3.41. The van der Waals surface area contributed by atoms with Gasteiger partial charge in [-0.25, -0.2) is 9.97 Å². The lowest BCUT2D eigenvalue weighted by atomic mass is 10.0. The number of imide groups is 2. The van der Waals surface area contributed by atoms with Crippen LogP contribution >= 0.6 is 0 Å². The molecule has 1 atom stereocenters. The number of H-pyrrole nitrogens is 1. The van der Waals surface area contributed by atoms with Gasteiger partial charge in [-0.3, -0.25) is 34.5 Å². The van der Waals surface area contributed by atoms with Crippen molar-refractivity contribution in [2.75, 3.05) is 23.7 Å². The Morgan fingerprint density at radius 1 is 1.03 bits per heavy atom. The van der Waals surface area contributed by atoms with Crippen LogP contribution in [0.2, 0.25) is 0 Å². The molecule has 0 radical (unpaired) electrons. The molecule has 0 bridgehead atoms. The van der Waals surface area contributed by atoms with E-state index >= 15 is 0 Å². The number of hydrogen-bond acceptors (Lipinski definition) is 9. The molecule has 2 aliphatic rings. The smallest absolute Gasteiger partial charge is 0.264 e. The number of aromatic amines is 1. The minimum absolute atomic E-state index is 0.0874. The predicted molar refractivity (Wildman–Crippen MR) is 121 cm³/mol. The zero-order valence-electron chi connectivity index (χ0n) is 18.1. The molecule has 0 spiro atoms. The first-order valence-electron chi connectivity index (χ1n) is 11.0. The Morgan fingerprint density at radius 2 is 1.85 bits per heavy atom. The number of piperidine rings is 1. The topological polar surface area (TPSA) is 162 Å². The maximum absolute atomic E-state index is 13.1. The van der Waals surface area contributed by atoms with Crippen molar-refractivity contribution in [3.8, 4) is 0 Å². The first-order chi connectivity index (χ1) is 16.5. The Labute approximate surface area is 193 Å². The molecule has 1 saturated heterocycles. The van der Waals surface area contributed by atoms with Gasteiger partial charge in [-0.15, -0.1) is 0 Å². The number of nitrogens with zero attached hydrogens (tertiary/aromatic N) is 4. The summed E-state index contributed by atoms with van der Waals surface area (Å²) in [6.07, 6.45) is 4.99. The molecule has 2 aromatic heterocycles. The van der Waals surface area contributed by atoms with Crippen LogP contribution in [0.3, 0.4) is 0 Å². The second kappa shape index (κ2) is 8.89. The van der Waals surface area contributed by atoms with E-state index in [-0.39, 0.29) is 24.0 Å². The summed E-state index contributed by atoms with van der Waals surface area (Å²) in [7, 11) is 0. The number of amides is 4. The lowest BCUT2D eigenvalue weighted by Gasteiger charge is -2.27. The SMILES string of the molecule is O=C1CCC(N2C(=O)c3cccc(NCCCCNc4ncnc5[nH]ncc45)c3C2=O)C(=O)N1. The van der Waals surface area contributed by atoms with Gasteiger partial charge in [0.1, 0.15) is 18.2 Å². The molecule has 4 amide bonds. The zero-order valence-corrected chi connectivity index (χ0v) is 18.1. The first-order valence-corrected chi connectivity index (χ1v) is 11.0. The van der Waals surface area contributed by atoms with E-state index < -0.39 is 29.7 Å². The summed E-state index contributed by atoms with van der Waals surface area (Å²) >= 11 is 0. The van der Waals surface area contributed by atoms with Crippen molar-refractivity contribution in [2.24, 2.45) is 0 Å². The van der Waals surface area contributed by atoms with E-state index in [0.717, 1.165) is 23.1 Å². The normalized spacial score (nSPS) is 17.8. The van der Waals surface area contributed by atoms with E-state index in [1.165, 1.54) is 6.33 Å². The number of unbranched alkanes of at least 4 members (excludes halogenated alkanes) is 1. The number of aromatic nitrogens is 4. The number of benzene rings is 1. The lowest BCUT2D eigenvalue weighted by Crippen LogP contribution is -2.54. The number of rotatable bonds is 8. The highest BCUT2D eigenvalue weighted by molar-refractivity contribution is 6.25. The van der Waals surface area contributed by atoms with Crippen LogP contribution in [0.5, 0.6) is 0 Å². The van der Waals surface area contributed by atoms with Gasteiger partial charge in [0.15, 0.2) is 5.65 Å². The molecule has 1 aromatic carbocycles. The Kier molecular flexibility index (Phi) is 5.62. The molecular formula is C22H22N8O4. The maximum Gasteiger partial charge on any atom is 0.264 e. The van der Waals surface area contributed by atoms with Crippen LogP contribution in [0.25, 0.3) is 11.0 Å². The monoisotopic (exact) mass is 462 g/mol. The van der Waals surface area contributed by atoms with Crippen molar-refractivity contribution in [3.05, 3.63) is 41.9 Å². The second-order valence-corrected chi connectivity index (χ2v) is 8.09. The van der Waals surface area contributed by atoms with Crippen molar-refractivity contribution < 1.29 is 19.2 Å². The summed E-state index contributed by atoms with van der Waals surface area (Å²) in [6.45, 7) is 1.27. The van der Waals surface area contributed by atoms with Gasteiger partial charge >= 0.3 is 0 Å². The fraction of sp³-hybridized carbons (Fsp3) is 0.318. The minimum Gasteiger partial charge on any atom is -0.384 e. The summed E-state index contributed by atoms with van der Waals surface area (Å²) in [4.78, 5) is 59.0. The molecule has 4 N–H and O–H groups in total. The van der Waals surface area contributed by atoms with E-state index in [0.29, 0.717) is 30.2 Å². The molecule has 1 fully saturated rings. The Balaban J connectivity index is 1.18. The summed E-state index contributed by atoms with van der Waals surface area (Å²) in [5.74, 6) is -1.34. The molecule has 12 nitrogen and oxygen atoms in total. The largest absolute Gasteiger partial charge is 0.384 e. The second-order valence-electron chi connectivity index (χ2n) is 8.09. The quantitative estimate of drug-likeness (QED) is 0.283. The summed E-state index contributed by atoms with van der Waals surface area (Å²) in [6, 6.07) is 4.04. The molecule has 0 saturated carbocycles. The molecule has 4 heterocycles. The molecule has 0 aliphatic carbocycles. The van der Waals surface area contributed by atoms with Gasteiger partial charge in [-0.2, -0.15) is 5.10 Å². The molecule has 12 heteroatoms. The standard InChI is InChI=1S/C22H22N8O4/c31-16-7-6-15(20(32)28-16)30-21(33)12-4-3-5-14(17(12)22(30)34)23-8-1-2-9-24-18-13-10-27-29-19(13)26-11-25-18/h3-5,10-11,15,23H,1-2,6-9H2,(H,28,31,32)(H2,24,25,26,27,29). The van der Waals surface area contributed by atoms with Crippen LogP contribution in [0.1, 0.15) is 46.4 Å². The van der Waals surface area contributed by atoms with Crippen molar-refractivity contribution in [3.63, 3.8) is 0 Å². The summed E-state index contributed by atoms with van der Waals surface area (Å²) in [5, 5.41) is 16.3. The summed E-state index contributed by atoms with van der Waals surface area (Å²) in [5.41, 5.74) is 1.74. The molecule has 2 aliphatic heterocycles. The highest BCUT2D eigenvalue weighted by Crippen LogP contribution is 2.32. The van der Waals surface area contributed by atoms with Crippen LogP contribution in [-0.2, 0) is 9.59 Å². The number of carbonyl (C=O) groups excluding carboxylic acids is 4. The van der Waals surface area contributed by atoms with E-state index in [1.54, 1.807) is 24.4 Å². The number of anilines is 2. The fourth-order valence-corrected chi connectivity index (χ4v) is 4.25. The van der Waals surface area contributed by atoms with Gasteiger partial charge in [0.2, 0.25) is 11.8 Å². The van der Waals surface area contributed by atoms with Crippen molar-refractivity contribution >= 4 is 46.2 Å². The Morgan fingerprint density at radius 3 is 2.68 bits per heavy atom. The van der Waals surface area contributed by atoms with Crippen LogP contribution in [0.15, 0.2) is 30.7 Å². The molecule has 34 heavy (non-hydrogen) atoms. The van der Waals surface area contributed by atoms with E-state index in [4.69, 9.17) is 0 Å². The minimum atomic E-state index is -0.979. The highest BCUT2D eigenvalue weighted by Gasteiger charge is 2.45. The Hall–Kier alpha value is -4.35. The van der Waals surface area contributed by atoms with Crippen LogP contribution in [-0.4, -0.2) is 67.8 Å². The van der Waals surface area contributed by atoms with E-state index in [9.17, 15) is 19.2 Å². The van der Waals surface area contributed by atoms with Crippen LogP contribution < -0.4 is 16.0 Å². The van der Waals surface area contributed by atoms with E-state index in [2.05, 4.69) is 36.1 Å². The molecule has 5 rings (SSSR count). The van der Waals surface area contributed by atoms with Gasteiger partial charge < -0.3 is 10.6 Å². The lowest BCUT2D eigenvalue weighted by molar-refractivity contribution is -0.136. The molecule has 3 aromatic rings. The van der Waals surface area contributed by atoms with Gasteiger partial charge in [-0.1, -0.05) is 6.07 Å². The molecule has 174 valence electrons. The van der Waals surface area contributed by atoms with Gasteiger partial charge in [0.05, 0.1) is 22.7 Å². The van der Waals surface area contributed by atoms with Gasteiger partial charge in [0.25, 0.3) is 11.8 Å². The number of carbonyl (C=O) groups is 4. The van der Waals surface area contributed by atoms with Crippen molar-refractivity contribution in [1.29, 1.82) is 0 Å². The summed E-state index contributed by atoms with van der Waals surface area (Å²) < 4.78 is 0. The number of fused-ring (bicyclic) bond motifs is 2. The first kappa shape index (κ1) is 21.5. The Bertz CT molecular complexity index is 1300. The van der Waals surface area contributed by atoms with Gasteiger partial charge in [0, 0.05) is 25.2 Å². The number of nitrogens with one attached hydrogen (secondary N) is 4. The predicted octanol–water partition coefficient (Wildman–Crippen LogP) is 1.06. The molecular weight excluding hydrogens is 440 g/mol. The third-order valence-corrected chi connectivity index (χ3v) is 5.93. The van der Waals surface area contributed by atoms with Crippen molar-refractivity contribution in [2.45, 2.75) is 31.7 Å². The van der Waals surface area contributed by atoms with Crippen molar-refractivity contribution in [1.82, 2.24) is 30.4 Å². The van der Waals surface area contributed by atoms with E-state index in [1.807, 2.05) is 0 Å². The number of hydrogen-bond donors (Lipinski definition) is 4. The third-order valence-electron chi connectivity index (χ3n) is 5.93. The maximum atomic E-state index is 13.1. The molecule has 1 unspecified atom stereocenters. The average molecular weight is 462 g/mol. The van der Waals surface area contributed by atoms with Crippen LogP contribution in [0, 0.1) is 0 Å². The fourth-order valence-electron chi connectivity index (χ4n) is 4.25. The van der Waals surface area contributed by atoms with Crippen LogP contribution in [0.4, 0.5) is 11.5 Å². The van der Waals surface area contributed by atoms with Gasteiger partial charge in [-0.05, 0) is 31.4 Å².